The molecule has 3 saturated heterocycles. The van der Waals surface area contributed by atoms with E-state index in [0.29, 0.717) is 31.9 Å². The zero-order chi connectivity index (χ0) is 19.3. The predicted molar refractivity (Wildman–Crippen MR) is 96.9 cm³/mol. The van der Waals surface area contributed by atoms with Gasteiger partial charge >= 0.3 is 0 Å². The van der Waals surface area contributed by atoms with Crippen molar-refractivity contribution in [1.29, 1.82) is 0 Å². The summed E-state index contributed by atoms with van der Waals surface area (Å²) in [4.78, 5) is 40.4. The Morgan fingerprint density at radius 2 is 1.96 bits per heavy atom. The minimum Gasteiger partial charge on any atom is -0.504 e. The molecule has 1 aromatic rings. The molecule has 8 nitrogen and oxygen atoms in total. The number of rotatable bonds is 3. The summed E-state index contributed by atoms with van der Waals surface area (Å²) in [5, 5.41) is 18.4. The van der Waals surface area contributed by atoms with Crippen molar-refractivity contribution in [1.82, 2.24) is 9.80 Å². The first-order valence-electron chi connectivity index (χ1n) is 8.45. The van der Waals surface area contributed by atoms with E-state index < -0.39 is 17.2 Å². The van der Waals surface area contributed by atoms with Crippen molar-refractivity contribution in [2.45, 2.75) is 13.0 Å². The van der Waals surface area contributed by atoms with Gasteiger partial charge in [-0.05, 0) is 42.5 Å². The lowest BCUT2D eigenvalue weighted by molar-refractivity contribution is -0.197. The normalized spacial score (nSPS) is 23.5. The first-order chi connectivity index (χ1) is 12.8. The zero-order valence-electron chi connectivity index (χ0n) is 14.5. The Morgan fingerprint density at radius 3 is 2.56 bits per heavy atom. The van der Waals surface area contributed by atoms with Crippen LogP contribution >= 0.6 is 11.8 Å². The van der Waals surface area contributed by atoms with Crippen LogP contribution in [0.1, 0.15) is 12.5 Å². The molecule has 0 aromatic heterocycles. The Morgan fingerprint density at radius 1 is 1.26 bits per heavy atom. The van der Waals surface area contributed by atoms with Crippen LogP contribution < -0.4 is 0 Å². The third-order valence-corrected chi connectivity index (χ3v) is 5.93. The standard InChI is InChI=1S/C18H18N2O6S/c1-10(15(23)19-6-18(7-19)8-26-9-18)20-16(24)14(27-17(20)25)5-11-2-3-12(21)13(22)4-11/h2-5,10,21-22H,6-9H2,1H3/b14-5-. The Hall–Kier alpha value is -2.52. The molecule has 1 atom stereocenters. The molecular weight excluding hydrogens is 372 g/mol. The number of ether oxygens (including phenoxy) is 1. The number of amides is 3. The van der Waals surface area contributed by atoms with Gasteiger partial charge in [0.2, 0.25) is 5.91 Å². The molecule has 3 amide bonds. The number of benzene rings is 1. The van der Waals surface area contributed by atoms with E-state index in [9.17, 15) is 24.6 Å². The lowest BCUT2D eigenvalue weighted by Crippen LogP contribution is -2.69. The smallest absolute Gasteiger partial charge is 0.294 e. The highest BCUT2D eigenvalue weighted by molar-refractivity contribution is 8.18. The number of hydrogen-bond donors (Lipinski definition) is 2. The maximum atomic E-state index is 12.7. The number of phenols is 2. The molecule has 27 heavy (non-hydrogen) atoms. The molecule has 0 bridgehead atoms. The van der Waals surface area contributed by atoms with Crippen molar-refractivity contribution in [3.63, 3.8) is 0 Å². The number of carbonyl (C=O) groups is 3. The van der Waals surface area contributed by atoms with Crippen molar-refractivity contribution in [2.75, 3.05) is 26.3 Å². The second-order valence-electron chi connectivity index (χ2n) is 7.16. The highest BCUT2D eigenvalue weighted by atomic mass is 32.2. The SMILES string of the molecule is CC(C(=O)N1CC2(COC2)C1)N1C(=O)S/C(=C\c2ccc(O)c(O)c2)C1=O. The fourth-order valence-electron chi connectivity index (χ4n) is 3.46. The van der Waals surface area contributed by atoms with Crippen molar-refractivity contribution < 1.29 is 29.3 Å². The molecule has 4 rings (SSSR count). The Bertz CT molecular complexity index is 871. The van der Waals surface area contributed by atoms with Crippen molar-refractivity contribution >= 4 is 34.9 Å². The molecule has 142 valence electrons. The molecule has 3 aliphatic heterocycles. The summed E-state index contributed by atoms with van der Waals surface area (Å²) in [5.41, 5.74) is 0.527. The average molecular weight is 390 g/mol. The summed E-state index contributed by atoms with van der Waals surface area (Å²) in [7, 11) is 0. The van der Waals surface area contributed by atoms with E-state index in [1.807, 2.05) is 0 Å². The fraction of sp³-hybridized carbons (Fsp3) is 0.389. The minimum atomic E-state index is -0.880. The van der Waals surface area contributed by atoms with E-state index in [2.05, 4.69) is 0 Å². The number of carbonyl (C=O) groups excluding carboxylic acids is 3. The van der Waals surface area contributed by atoms with Gasteiger partial charge in [-0.1, -0.05) is 6.07 Å². The van der Waals surface area contributed by atoms with Crippen LogP contribution in [0, 0.1) is 5.41 Å². The Balaban J connectivity index is 1.48. The molecular formula is C18H18N2O6S. The van der Waals surface area contributed by atoms with Crippen LogP contribution in [-0.2, 0) is 14.3 Å². The number of aromatic hydroxyl groups is 2. The van der Waals surface area contributed by atoms with Crippen molar-refractivity contribution in [2.24, 2.45) is 5.41 Å². The molecule has 3 fully saturated rings. The second kappa shape index (κ2) is 6.28. The third kappa shape index (κ3) is 2.96. The van der Waals surface area contributed by atoms with Crippen LogP contribution in [0.3, 0.4) is 0 Å². The van der Waals surface area contributed by atoms with Gasteiger partial charge in [0.1, 0.15) is 6.04 Å². The molecule has 3 aliphatic rings. The van der Waals surface area contributed by atoms with Crippen molar-refractivity contribution in [3.8, 4) is 11.5 Å². The number of phenolic OH excluding ortho intramolecular Hbond substituents is 2. The Labute approximate surface area is 159 Å². The van der Waals surface area contributed by atoms with Gasteiger partial charge in [-0.2, -0.15) is 0 Å². The minimum absolute atomic E-state index is 0.0646. The summed E-state index contributed by atoms with van der Waals surface area (Å²) in [6, 6.07) is 3.21. The van der Waals surface area contributed by atoms with Gasteiger partial charge in [-0.15, -0.1) is 0 Å². The van der Waals surface area contributed by atoms with Gasteiger partial charge in [0.15, 0.2) is 11.5 Å². The highest BCUT2D eigenvalue weighted by Crippen LogP contribution is 2.39. The lowest BCUT2D eigenvalue weighted by atomic mass is 9.78. The van der Waals surface area contributed by atoms with E-state index in [-0.39, 0.29) is 27.7 Å². The number of hydrogen-bond acceptors (Lipinski definition) is 7. The maximum Gasteiger partial charge on any atom is 0.294 e. The summed E-state index contributed by atoms with van der Waals surface area (Å²) < 4.78 is 5.19. The first-order valence-corrected chi connectivity index (χ1v) is 9.27. The van der Waals surface area contributed by atoms with Crippen LogP contribution in [0.2, 0.25) is 0 Å². The van der Waals surface area contributed by atoms with Crippen LogP contribution in [0.4, 0.5) is 4.79 Å². The van der Waals surface area contributed by atoms with E-state index in [1.165, 1.54) is 24.3 Å². The molecule has 2 N–H and O–H groups in total. The van der Waals surface area contributed by atoms with Crippen LogP contribution in [0.25, 0.3) is 6.08 Å². The molecule has 0 radical (unpaired) electrons. The second-order valence-corrected chi connectivity index (χ2v) is 8.16. The molecule has 0 saturated carbocycles. The lowest BCUT2D eigenvalue weighted by Gasteiger charge is -2.55. The number of imide groups is 1. The highest BCUT2D eigenvalue weighted by Gasteiger charge is 2.52. The van der Waals surface area contributed by atoms with Gasteiger partial charge in [-0.3, -0.25) is 19.3 Å². The van der Waals surface area contributed by atoms with E-state index >= 15 is 0 Å². The quantitative estimate of drug-likeness (QED) is 0.593. The molecule has 9 heteroatoms. The summed E-state index contributed by atoms with van der Waals surface area (Å²) >= 11 is 0.749. The van der Waals surface area contributed by atoms with Crippen LogP contribution in [-0.4, -0.2) is 69.4 Å². The van der Waals surface area contributed by atoms with Gasteiger partial charge in [0, 0.05) is 13.1 Å². The summed E-state index contributed by atoms with van der Waals surface area (Å²) in [6.07, 6.45) is 1.45. The van der Waals surface area contributed by atoms with Crippen LogP contribution in [0.5, 0.6) is 11.5 Å². The molecule has 0 aliphatic carbocycles. The number of nitrogens with zero attached hydrogens (tertiary/aromatic N) is 2. The van der Waals surface area contributed by atoms with Gasteiger partial charge in [0.25, 0.3) is 11.1 Å². The summed E-state index contributed by atoms with van der Waals surface area (Å²) in [5.74, 6) is -1.39. The number of thioether (sulfide) groups is 1. The van der Waals surface area contributed by atoms with E-state index in [0.717, 1.165) is 16.7 Å². The third-order valence-electron chi connectivity index (χ3n) is 5.05. The van der Waals surface area contributed by atoms with Gasteiger partial charge < -0.3 is 19.8 Å². The Kier molecular flexibility index (Phi) is 4.15. The number of likely N-dealkylation sites (tertiary alicyclic amines) is 1. The van der Waals surface area contributed by atoms with Gasteiger partial charge in [-0.25, -0.2) is 0 Å². The summed E-state index contributed by atoms with van der Waals surface area (Å²) in [6.45, 7) is 4.03. The predicted octanol–water partition coefficient (Wildman–Crippen LogP) is 1.38. The van der Waals surface area contributed by atoms with Gasteiger partial charge in [0.05, 0.1) is 23.5 Å². The molecule has 1 unspecified atom stereocenters. The molecule has 1 spiro atoms. The monoisotopic (exact) mass is 390 g/mol. The van der Waals surface area contributed by atoms with E-state index in [4.69, 9.17) is 4.74 Å². The van der Waals surface area contributed by atoms with E-state index in [1.54, 1.807) is 11.8 Å². The fourth-order valence-corrected chi connectivity index (χ4v) is 4.37. The topological polar surface area (TPSA) is 107 Å². The maximum absolute atomic E-state index is 12.7. The average Bonchev–Trinajstić information content (AvgIpc) is 2.81. The van der Waals surface area contributed by atoms with Crippen molar-refractivity contribution in [3.05, 3.63) is 28.7 Å². The molecule has 1 aromatic carbocycles. The first kappa shape index (κ1) is 17.9. The molecule has 3 heterocycles. The largest absolute Gasteiger partial charge is 0.504 e. The van der Waals surface area contributed by atoms with Crippen LogP contribution in [0.15, 0.2) is 23.1 Å². The zero-order valence-corrected chi connectivity index (χ0v) is 15.4.